The predicted molar refractivity (Wildman–Crippen MR) is 66.1 cm³/mol. The first-order chi connectivity index (χ1) is 9.06. The van der Waals surface area contributed by atoms with Gasteiger partial charge in [-0.15, -0.1) is 0 Å². The summed E-state index contributed by atoms with van der Waals surface area (Å²) in [4.78, 5) is 13.6. The van der Waals surface area contributed by atoms with Crippen LogP contribution in [0.5, 0.6) is 0 Å². The van der Waals surface area contributed by atoms with Gasteiger partial charge in [0.2, 0.25) is 5.91 Å². The Morgan fingerprint density at radius 2 is 2.11 bits per heavy atom. The van der Waals surface area contributed by atoms with Crippen molar-refractivity contribution in [3.63, 3.8) is 0 Å². The number of halogens is 2. The summed E-state index contributed by atoms with van der Waals surface area (Å²) in [6.07, 6.45) is 0.796. The predicted octanol–water partition coefficient (Wildman–Crippen LogP) is 2.05. The maximum atomic E-state index is 13.3. The Morgan fingerprint density at radius 1 is 1.37 bits per heavy atom. The van der Waals surface area contributed by atoms with Crippen LogP contribution in [0.3, 0.4) is 0 Å². The van der Waals surface area contributed by atoms with E-state index in [1.165, 1.54) is 6.07 Å². The van der Waals surface area contributed by atoms with E-state index in [-0.39, 0.29) is 18.6 Å². The van der Waals surface area contributed by atoms with Crippen molar-refractivity contribution in [2.45, 2.75) is 19.5 Å². The third-order valence-electron chi connectivity index (χ3n) is 4.05. The van der Waals surface area contributed by atoms with E-state index in [9.17, 15) is 13.6 Å². The summed E-state index contributed by atoms with van der Waals surface area (Å²) in [5.74, 6) is -0.529. The minimum atomic E-state index is -0.876. The smallest absolute Gasteiger partial charge is 0.238 e. The summed E-state index contributed by atoms with van der Waals surface area (Å²) in [6.45, 7) is 3.10. The molecule has 1 aromatic rings. The largest absolute Gasteiger partial charge is 0.322 e. The monoisotopic (exact) mass is 266 g/mol. The Kier molecular flexibility index (Phi) is 3.01. The molecule has 102 valence electrons. The number of carbonyl (C=O) groups is 1. The lowest BCUT2D eigenvalue weighted by atomic mass is 10.1. The molecule has 5 heteroatoms. The summed E-state index contributed by atoms with van der Waals surface area (Å²) in [7, 11) is 0. The van der Waals surface area contributed by atoms with Gasteiger partial charge in [0, 0.05) is 6.54 Å². The van der Waals surface area contributed by atoms with Crippen molar-refractivity contribution in [1.82, 2.24) is 10.2 Å². The van der Waals surface area contributed by atoms with Crippen molar-refractivity contribution in [3.8, 4) is 0 Å². The number of rotatable bonds is 3. The molecular formula is C14H16F2N2O. The first-order valence-corrected chi connectivity index (χ1v) is 6.54. The fraction of sp³-hybridized carbons (Fsp3) is 0.500. The number of amides is 1. The summed E-state index contributed by atoms with van der Waals surface area (Å²) < 4.78 is 26.2. The fourth-order valence-corrected chi connectivity index (χ4v) is 2.63. The summed E-state index contributed by atoms with van der Waals surface area (Å²) in [6, 6.07) is 3.79. The van der Waals surface area contributed by atoms with Gasteiger partial charge < -0.3 is 4.90 Å². The molecule has 0 aromatic heterocycles. The van der Waals surface area contributed by atoms with Gasteiger partial charge in [-0.3, -0.25) is 10.1 Å². The molecular weight excluding hydrogens is 250 g/mol. The van der Waals surface area contributed by atoms with E-state index in [4.69, 9.17) is 0 Å². The van der Waals surface area contributed by atoms with Crippen LogP contribution in [-0.4, -0.2) is 23.9 Å². The molecule has 1 aliphatic heterocycles. The SMILES string of the molecule is CC1CC1CN1C(=O)CNC1c1ccc(F)c(F)c1. The Labute approximate surface area is 110 Å². The van der Waals surface area contributed by atoms with Crippen LogP contribution in [-0.2, 0) is 4.79 Å². The minimum Gasteiger partial charge on any atom is -0.322 e. The summed E-state index contributed by atoms with van der Waals surface area (Å²) >= 11 is 0. The number of hydrogen-bond acceptors (Lipinski definition) is 2. The second-order valence-corrected chi connectivity index (χ2v) is 5.48. The van der Waals surface area contributed by atoms with Gasteiger partial charge in [-0.05, 0) is 36.0 Å². The molecule has 2 fully saturated rings. The summed E-state index contributed by atoms with van der Waals surface area (Å²) in [5, 5.41) is 3.05. The lowest BCUT2D eigenvalue weighted by Gasteiger charge is -2.25. The molecule has 3 nitrogen and oxygen atoms in total. The molecule has 19 heavy (non-hydrogen) atoms. The van der Waals surface area contributed by atoms with Crippen molar-refractivity contribution in [3.05, 3.63) is 35.4 Å². The van der Waals surface area contributed by atoms with Crippen LogP contribution in [0.2, 0.25) is 0 Å². The summed E-state index contributed by atoms with van der Waals surface area (Å²) in [5.41, 5.74) is 0.595. The van der Waals surface area contributed by atoms with Crippen LogP contribution in [0.25, 0.3) is 0 Å². The maximum Gasteiger partial charge on any atom is 0.238 e. The highest BCUT2D eigenvalue weighted by Gasteiger charge is 2.40. The Balaban J connectivity index is 1.81. The van der Waals surface area contributed by atoms with E-state index in [1.54, 1.807) is 4.90 Å². The van der Waals surface area contributed by atoms with Gasteiger partial charge in [-0.25, -0.2) is 8.78 Å². The zero-order valence-electron chi connectivity index (χ0n) is 10.7. The third kappa shape index (κ3) is 2.34. The van der Waals surface area contributed by atoms with Crippen LogP contribution in [0.4, 0.5) is 8.78 Å². The Hall–Kier alpha value is -1.49. The molecule has 0 radical (unpaired) electrons. The van der Waals surface area contributed by atoms with Crippen LogP contribution in [0.15, 0.2) is 18.2 Å². The molecule has 3 unspecified atom stereocenters. The molecule has 0 bridgehead atoms. The molecule has 3 atom stereocenters. The van der Waals surface area contributed by atoms with Crippen molar-refractivity contribution in [2.24, 2.45) is 11.8 Å². The van der Waals surface area contributed by atoms with E-state index < -0.39 is 11.6 Å². The average Bonchev–Trinajstić information content (AvgIpc) is 2.95. The Bertz CT molecular complexity index is 520. The van der Waals surface area contributed by atoms with E-state index in [1.807, 2.05) is 0 Å². The van der Waals surface area contributed by atoms with Crippen molar-refractivity contribution >= 4 is 5.91 Å². The van der Waals surface area contributed by atoms with Crippen molar-refractivity contribution in [1.29, 1.82) is 0 Å². The second-order valence-electron chi connectivity index (χ2n) is 5.48. The normalized spacial score (nSPS) is 29.9. The van der Waals surface area contributed by atoms with Gasteiger partial charge in [-0.2, -0.15) is 0 Å². The molecule has 3 rings (SSSR count). The first-order valence-electron chi connectivity index (χ1n) is 6.54. The quantitative estimate of drug-likeness (QED) is 0.908. The molecule has 0 spiro atoms. The highest BCUT2D eigenvalue weighted by atomic mass is 19.2. The standard InChI is InChI=1S/C14H16F2N2O/c1-8-4-10(8)7-18-13(19)6-17-14(18)9-2-3-11(15)12(16)5-9/h2-3,5,8,10,14,17H,4,6-7H2,1H3. The average molecular weight is 266 g/mol. The van der Waals surface area contributed by atoms with Crippen LogP contribution >= 0.6 is 0 Å². The van der Waals surface area contributed by atoms with E-state index >= 15 is 0 Å². The van der Waals surface area contributed by atoms with E-state index in [0.717, 1.165) is 18.6 Å². The number of benzene rings is 1. The Morgan fingerprint density at radius 3 is 2.74 bits per heavy atom. The van der Waals surface area contributed by atoms with Gasteiger partial charge in [0.15, 0.2) is 11.6 Å². The lowest BCUT2D eigenvalue weighted by Crippen LogP contribution is -2.32. The van der Waals surface area contributed by atoms with Crippen molar-refractivity contribution in [2.75, 3.05) is 13.1 Å². The molecule has 1 N–H and O–H groups in total. The van der Waals surface area contributed by atoms with Crippen LogP contribution in [0.1, 0.15) is 25.1 Å². The minimum absolute atomic E-state index is 0.0221. The highest BCUT2D eigenvalue weighted by Crippen LogP contribution is 2.40. The fourth-order valence-electron chi connectivity index (χ4n) is 2.63. The zero-order valence-corrected chi connectivity index (χ0v) is 10.7. The molecule has 1 saturated heterocycles. The zero-order chi connectivity index (χ0) is 13.6. The molecule has 1 heterocycles. The van der Waals surface area contributed by atoms with Crippen LogP contribution in [0, 0.1) is 23.5 Å². The molecule has 1 saturated carbocycles. The molecule has 2 aliphatic rings. The number of carbonyl (C=O) groups excluding carboxylic acids is 1. The molecule has 1 aromatic carbocycles. The first kappa shape index (κ1) is 12.5. The van der Waals surface area contributed by atoms with E-state index in [2.05, 4.69) is 12.2 Å². The number of nitrogens with one attached hydrogen (secondary N) is 1. The van der Waals surface area contributed by atoms with Crippen molar-refractivity contribution < 1.29 is 13.6 Å². The van der Waals surface area contributed by atoms with E-state index in [0.29, 0.717) is 23.9 Å². The van der Waals surface area contributed by atoms with Gasteiger partial charge in [0.25, 0.3) is 0 Å². The van der Waals surface area contributed by atoms with Crippen LogP contribution < -0.4 is 5.32 Å². The molecule has 1 amide bonds. The highest BCUT2D eigenvalue weighted by molar-refractivity contribution is 5.81. The van der Waals surface area contributed by atoms with Gasteiger partial charge in [-0.1, -0.05) is 13.0 Å². The number of hydrogen-bond donors (Lipinski definition) is 1. The van der Waals surface area contributed by atoms with Gasteiger partial charge >= 0.3 is 0 Å². The van der Waals surface area contributed by atoms with Gasteiger partial charge in [0.1, 0.15) is 6.17 Å². The number of nitrogens with zero attached hydrogens (tertiary/aromatic N) is 1. The maximum absolute atomic E-state index is 13.3. The third-order valence-corrected chi connectivity index (χ3v) is 4.05. The topological polar surface area (TPSA) is 32.3 Å². The molecule has 1 aliphatic carbocycles. The van der Waals surface area contributed by atoms with Gasteiger partial charge in [0.05, 0.1) is 6.54 Å². The second kappa shape index (κ2) is 4.56. The lowest BCUT2D eigenvalue weighted by molar-refractivity contribution is -0.128.